The third-order valence-electron chi connectivity index (χ3n) is 5.00. The van der Waals surface area contributed by atoms with Crippen LogP contribution in [0.1, 0.15) is 28.5 Å². The van der Waals surface area contributed by atoms with Crippen LogP contribution in [0.15, 0.2) is 72.9 Å². The second-order valence-corrected chi connectivity index (χ2v) is 6.94. The van der Waals surface area contributed by atoms with Gasteiger partial charge in [-0.1, -0.05) is 48.5 Å². The van der Waals surface area contributed by atoms with Gasteiger partial charge in [-0.05, 0) is 49.1 Å². The standard InChI is InChI=1S/C23H23N3O/c1-17-15-19-9-5-6-10-22(19)26(17)20-12-14-24-21(16-20)23(27)25-13-11-18-7-3-2-4-8-18/h2-10,12,14,16-17H,11,13,15H2,1H3,(H,25,27). The third-order valence-corrected chi connectivity index (χ3v) is 5.00. The lowest BCUT2D eigenvalue weighted by atomic mass is 10.1. The fourth-order valence-electron chi connectivity index (χ4n) is 3.71. The Labute approximate surface area is 159 Å². The van der Waals surface area contributed by atoms with Crippen LogP contribution in [0.3, 0.4) is 0 Å². The summed E-state index contributed by atoms with van der Waals surface area (Å²) in [5.74, 6) is -0.132. The quantitative estimate of drug-likeness (QED) is 0.746. The largest absolute Gasteiger partial charge is 0.350 e. The predicted molar refractivity (Wildman–Crippen MR) is 108 cm³/mol. The lowest BCUT2D eigenvalue weighted by Crippen LogP contribution is -2.28. The third kappa shape index (κ3) is 3.70. The molecule has 1 aromatic heterocycles. The summed E-state index contributed by atoms with van der Waals surface area (Å²) in [6.07, 6.45) is 3.54. The first kappa shape index (κ1) is 17.3. The Morgan fingerprint density at radius 3 is 2.74 bits per heavy atom. The molecule has 1 unspecified atom stereocenters. The van der Waals surface area contributed by atoms with Crippen LogP contribution in [0.2, 0.25) is 0 Å². The first-order valence-electron chi connectivity index (χ1n) is 9.37. The van der Waals surface area contributed by atoms with Crippen LogP contribution in [-0.2, 0) is 12.8 Å². The van der Waals surface area contributed by atoms with Gasteiger partial charge in [0, 0.05) is 30.2 Å². The van der Waals surface area contributed by atoms with Gasteiger partial charge < -0.3 is 10.2 Å². The molecule has 0 saturated heterocycles. The summed E-state index contributed by atoms with van der Waals surface area (Å²) >= 11 is 0. The van der Waals surface area contributed by atoms with Crippen molar-refractivity contribution >= 4 is 17.3 Å². The molecule has 0 radical (unpaired) electrons. The Balaban J connectivity index is 1.47. The van der Waals surface area contributed by atoms with Crippen molar-refractivity contribution in [3.8, 4) is 0 Å². The number of hydrogen-bond donors (Lipinski definition) is 1. The minimum Gasteiger partial charge on any atom is -0.350 e. The number of nitrogens with zero attached hydrogens (tertiary/aromatic N) is 2. The highest BCUT2D eigenvalue weighted by Gasteiger charge is 2.27. The Kier molecular flexibility index (Phi) is 4.88. The number of rotatable bonds is 5. The van der Waals surface area contributed by atoms with Gasteiger partial charge in [0.15, 0.2) is 0 Å². The van der Waals surface area contributed by atoms with Crippen LogP contribution in [0, 0.1) is 0 Å². The van der Waals surface area contributed by atoms with Crippen molar-refractivity contribution in [1.82, 2.24) is 10.3 Å². The van der Waals surface area contributed by atoms with E-state index in [1.165, 1.54) is 16.8 Å². The van der Waals surface area contributed by atoms with Crippen LogP contribution < -0.4 is 10.2 Å². The van der Waals surface area contributed by atoms with Crippen LogP contribution in [0.25, 0.3) is 0 Å². The summed E-state index contributed by atoms with van der Waals surface area (Å²) in [5.41, 5.74) is 5.23. The number of amides is 1. The fraction of sp³-hybridized carbons (Fsp3) is 0.217. The molecule has 1 atom stereocenters. The van der Waals surface area contributed by atoms with E-state index in [1.54, 1.807) is 6.20 Å². The van der Waals surface area contributed by atoms with E-state index in [0.29, 0.717) is 18.3 Å². The van der Waals surface area contributed by atoms with Gasteiger partial charge in [0.05, 0.1) is 0 Å². The summed E-state index contributed by atoms with van der Waals surface area (Å²) in [5, 5.41) is 2.98. The number of carbonyl (C=O) groups excluding carboxylic acids is 1. The Morgan fingerprint density at radius 1 is 1.11 bits per heavy atom. The molecule has 0 saturated carbocycles. The molecular weight excluding hydrogens is 334 g/mol. The predicted octanol–water partition coefficient (Wildman–Crippen LogP) is 4.14. The molecule has 27 heavy (non-hydrogen) atoms. The van der Waals surface area contributed by atoms with Gasteiger partial charge >= 0.3 is 0 Å². The van der Waals surface area contributed by atoms with E-state index in [4.69, 9.17) is 0 Å². The maximum atomic E-state index is 12.5. The van der Waals surface area contributed by atoms with Crippen LogP contribution in [0.4, 0.5) is 11.4 Å². The van der Waals surface area contributed by atoms with Crippen molar-refractivity contribution in [2.24, 2.45) is 0 Å². The molecule has 4 rings (SSSR count). The van der Waals surface area contributed by atoms with Crippen molar-refractivity contribution in [2.75, 3.05) is 11.4 Å². The highest BCUT2D eigenvalue weighted by molar-refractivity contribution is 5.93. The van der Waals surface area contributed by atoms with Crippen molar-refractivity contribution in [3.05, 3.63) is 89.7 Å². The average molecular weight is 357 g/mol. The van der Waals surface area contributed by atoms with E-state index in [9.17, 15) is 4.79 Å². The molecule has 0 fully saturated rings. The van der Waals surface area contributed by atoms with Gasteiger partial charge in [0.25, 0.3) is 5.91 Å². The molecule has 1 aliphatic heterocycles. The zero-order valence-corrected chi connectivity index (χ0v) is 15.4. The maximum absolute atomic E-state index is 12.5. The molecule has 1 aliphatic rings. The summed E-state index contributed by atoms with van der Waals surface area (Å²) in [4.78, 5) is 19.1. The SMILES string of the molecule is CC1Cc2ccccc2N1c1ccnc(C(=O)NCCc2ccccc2)c1. The Hall–Kier alpha value is -3.14. The Bertz CT molecular complexity index is 939. The summed E-state index contributed by atoms with van der Waals surface area (Å²) in [6.45, 7) is 2.80. The molecule has 0 aliphatic carbocycles. The summed E-state index contributed by atoms with van der Waals surface area (Å²) in [6, 6.07) is 22.8. The minimum atomic E-state index is -0.132. The van der Waals surface area contributed by atoms with Gasteiger partial charge in [0.1, 0.15) is 5.69 Å². The van der Waals surface area contributed by atoms with Crippen LogP contribution >= 0.6 is 0 Å². The number of para-hydroxylation sites is 1. The van der Waals surface area contributed by atoms with Crippen molar-refractivity contribution in [1.29, 1.82) is 0 Å². The van der Waals surface area contributed by atoms with E-state index < -0.39 is 0 Å². The van der Waals surface area contributed by atoms with E-state index >= 15 is 0 Å². The van der Waals surface area contributed by atoms with Gasteiger partial charge in [-0.15, -0.1) is 0 Å². The number of nitrogens with one attached hydrogen (secondary N) is 1. The van der Waals surface area contributed by atoms with Crippen LogP contribution in [0.5, 0.6) is 0 Å². The van der Waals surface area contributed by atoms with Gasteiger partial charge in [-0.3, -0.25) is 9.78 Å². The number of aromatic nitrogens is 1. The molecule has 2 aromatic carbocycles. The number of carbonyl (C=O) groups is 1. The lowest BCUT2D eigenvalue weighted by molar-refractivity contribution is 0.0949. The first-order valence-corrected chi connectivity index (χ1v) is 9.37. The molecule has 3 aromatic rings. The number of benzene rings is 2. The molecule has 0 bridgehead atoms. The monoisotopic (exact) mass is 357 g/mol. The number of pyridine rings is 1. The van der Waals surface area contributed by atoms with Crippen molar-refractivity contribution in [2.45, 2.75) is 25.8 Å². The molecule has 136 valence electrons. The molecule has 2 heterocycles. The van der Waals surface area contributed by atoms with E-state index in [0.717, 1.165) is 18.5 Å². The van der Waals surface area contributed by atoms with Gasteiger partial charge in [-0.2, -0.15) is 0 Å². The molecule has 4 nitrogen and oxygen atoms in total. The second-order valence-electron chi connectivity index (χ2n) is 6.94. The van der Waals surface area contributed by atoms with E-state index in [2.05, 4.69) is 58.5 Å². The normalized spacial score (nSPS) is 15.4. The Morgan fingerprint density at radius 2 is 1.89 bits per heavy atom. The highest BCUT2D eigenvalue weighted by atomic mass is 16.1. The maximum Gasteiger partial charge on any atom is 0.269 e. The smallest absolute Gasteiger partial charge is 0.269 e. The molecule has 1 amide bonds. The molecule has 1 N–H and O–H groups in total. The molecular formula is C23H23N3O. The van der Waals surface area contributed by atoms with Crippen molar-refractivity contribution in [3.63, 3.8) is 0 Å². The zero-order valence-electron chi connectivity index (χ0n) is 15.4. The fourth-order valence-corrected chi connectivity index (χ4v) is 3.71. The second kappa shape index (κ2) is 7.62. The van der Waals surface area contributed by atoms with Gasteiger partial charge in [0.2, 0.25) is 0 Å². The van der Waals surface area contributed by atoms with E-state index in [-0.39, 0.29) is 5.91 Å². The first-order chi connectivity index (χ1) is 13.2. The van der Waals surface area contributed by atoms with Gasteiger partial charge in [-0.25, -0.2) is 0 Å². The highest BCUT2D eigenvalue weighted by Crippen LogP contribution is 2.37. The average Bonchev–Trinajstić information content (AvgIpc) is 3.04. The number of fused-ring (bicyclic) bond motifs is 1. The van der Waals surface area contributed by atoms with E-state index in [1.807, 2.05) is 30.3 Å². The van der Waals surface area contributed by atoms with Crippen LogP contribution in [-0.4, -0.2) is 23.5 Å². The summed E-state index contributed by atoms with van der Waals surface area (Å²) in [7, 11) is 0. The molecule has 0 spiro atoms. The lowest BCUT2D eigenvalue weighted by Gasteiger charge is -2.25. The summed E-state index contributed by atoms with van der Waals surface area (Å²) < 4.78 is 0. The zero-order chi connectivity index (χ0) is 18.6. The number of hydrogen-bond acceptors (Lipinski definition) is 3. The number of anilines is 2. The van der Waals surface area contributed by atoms with Crippen molar-refractivity contribution < 1.29 is 4.79 Å². The topological polar surface area (TPSA) is 45.2 Å². The minimum absolute atomic E-state index is 0.132. The molecule has 4 heteroatoms.